The molecule has 0 spiro atoms. The smallest absolute Gasteiger partial charge is 0.0394 e. The van der Waals surface area contributed by atoms with Gasteiger partial charge in [0.2, 0.25) is 0 Å². The summed E-state index contributed by atoms with van der Waals surface area (Å²) in [5.41, 5.74) is 6.92. The van der Waals surface area contributed by atoms with Gasteiger partial charge in [0.25, 0.3) is 0 Å². The fraction of sp³-hybridized carbons (Fsp3) is 0.0588. The monoisotopic (exact) mass is 233 g/mol. The lowest BCUT2D eigenvalue weighted by atomic mass is 9.94. The lowest BCUT2D eigenvalue weighted by Crippen LogP contribution is -1.89. The van der Waals surface area contributed by atoms with Gasteiger partial charge in [0.15, 0.2) is 0 Å². The van der Waals surface area contributed by atoms with Crippen LogP contribution in [0.3, 0.4) is 0 Å². The molecule has 0 heterocycles. The summed E-state index contributed by atoms with van der Waals surface area (Å²) < 4.78 is 0. The zero-order valence-corrected chi connectivity index (χ0v) is 9.27. The maximum absolute atomic E-state index is 6.07. The van der Waals surface area contributed by atoms with Crippen molar-refractivity contribution >= 4 is 38.0 Å². The Morgan fingerprint density at radius 2 is 1.17 bits per heavy atom. The van der Waals surface area contributed by atoms with Crippen molar-refractivity contribution in [2.24, 2.45) is 0 Å². The Labute approximate surface area is 106 Å². The summed E-state index contributed by atoms with van der Waals surface area (Å²) in [6.07, 6.45) is 0. The third-order valence-corrected chi connectivity index (χ3v) is 3.56. The Kier molecular flexibility index (Phi) is 2.17. The molecular formula is C17H15N. The van der Waals surface area contributed by atoms with Crippen molar-refractivity contribution in [3.05, 3.63) is 54.6 Å². The second kappa shape index (κ2) is 3.61. The number of anilines is 1. The van der Waals surface area contributed by atoms with Crippen molar-refractivity contribution < 1.29 is 0 Å². The summed E-state index contributed by atoms with van der Waals surface area (Å²) in [4.78, 5) is 0. The normalized spacial score (nSPS) is 11.1. The van der Waals surface area contributed by atoms with Crippen molar-refractivity contribution in [1.82, 2.24) is 0 Å². The van der Waals surface area contributed by atoms with E-state index in [0.717, 1.165) is 11.1 Å². The Morgan fingerprint density at radius 3 is 1.89 bits per heavy atom. The minimum Gasteiger partial charge on any atom is -0.398 e. The molecule has 18 heavy (non-hydrogen) atoms. The summed E-state index contributed by atoms with van der Waals surface area (Å²) in [7, 11) is 0. The van der Waals surface area contributed by atoms with Crippen molar-refractivity contribution in [2.45, 2.75) is 7.43 Å². The topological polar surface area (TPSA) is 26.0 Å². The van der Waals surface area contributed by atoms with Gasteiger partial charge in [-0.2, -0.15) is 0 Å². The molecule has 4 rings (SSSR count). The molecule has 0 fully saturated rings. The zero-order chi connectivity index (χ0) is 11.4. The first-order valence-electron chi connectivity index (χ1n) is 5.76. The van der Waals surface area contributed by atoms with E-state index in [1.54, 1.807) is 0 Å². The van der Waals surface area contributed by atoms with Gasteiger partial charge in [0, 0.05) is 11.1 Å². The second-order valence-corrected chi connectivity index (χ2v) is 4.51. The number of hydrogen-bond acceptors (Lipinski definition) is 1. The van der Waals surface area contributed by atoms with Gasteiger partial charge in [-0.1, -0.05) is 56.0 Å². The molecule has 0 bridgehead atoms. The summed E-state index contributed by atoms with van der Waals surface area (Å²) in [6, 6.07) is 19.1. The molecule has 4 aromatic carbocycles. The molecule has 0 unspecified atom stereocenters. The highest BCUT2D eigenvalue weighted by Gasteiger charge is 2.08. The van der Waals surface area contributed by atoms with Crippen molar-refractivity contribution in [1.29, 1.82) is 0 Å². The van der Waals surface area contributed by atoms with E-state index in [4.69, 9.17) is 5.73 Å². The molecule has 0 saturated heterocycles. The van der Waals surface area contributed by atoms with E-state index in [0.29, 0.717) is 0 Å². The SMILES string of the molecule is C.Nc1ccc2ccc3cccc4ccc1c2c34. The van der Waals surface area contributed by atoms with E-state index in [1.165, 1.54) is 26.9 Å². The van der Waals surface area contributed by atoms with Crippen LogP contribution < -0.4 is 5.73 Å². The maximum atomic E-state index is 6.07. The van der Waals surface area contributed by atoms with Crippen LogP contribution in [0.2, 0.25) is 0 Å². The molecule has 0 aliphatic rings. The Bertz CT molecular complexity index is 830. The molecule has 1 nitrogen and oxygen atoms in total. The highest BCUT2D eigenvalue weighted by atomic mass is 14.5. The molecule has 88 valence electrons. The van der Waals surface area contributed by atoms with E-state index in [1.807, 2.05) is 6.07 Å². The summed E-state index contributed by atoms with van der Waals surface area (Å²) >= 11 is 0. The van der Waals surface area contributed by atoms with Crippen molar-refractivity contribution in [3.8, 4) is 0 Å². The number of benzene rings is 4. The van der Waals surface area contributed by atoms with Crippen molar-refractivity contribution in [3.63, 3.8) is 0 Å². The van der Waals surface area contributed by atoms with Crippen LogP contribution in [0.25, 0.3) is 32.3 Å². The molecule has 1 heteroatoms. The van der Waals surface area contributed by atoms with Gasteiger partial charge < -0.3 is 5.73 Å². The second-order valence-electron chi connectivity index (χ2n) is 4.51. The lowest BCUT2D eigenvalue weighted by Gasteiger charge is -2.11. The maximum Gasteiger partial charge on any atom is 0.0394 e. The van der Waals surface area contributed by atoms with Crippen LogP contribution in [-0.2, 0) is 0 Å². The standard InChI is InChI=1S/C16H11N.CH4/c17-14-9-7-12-5-4-10-2-1-3-11-6-8-13(14)16(12)15(10)11;/h1-9H,17H2;1H4. The van der Waals surface area contributed by atoms with E-state index in [2.05, 4.69) is 48.5 Å². The van der Waals surface area contributed by atoms with Gasteiger partial charge in [0.05, 0.1) is 0 Å². The third kappa shape index (κ3) is 1.22. The van der Waals surface area contributed by atoms with Crippen LogP contribution in [-0.4, -0.2) is 0 Å². The summed E-state index contributed by atoms with van der Waals surface area (Å²) in [6.45, 7) is 0. The van der Waals surface area contributed by atoms with Crippen molar-refractivity contribution in [2.75, 3.05) is 5.73 Å². The Balaban J connectivity index is 0.000001000. The first kappa shape index (κ1) is 10.8. The summed E-state index contributed by atoms with van der Waals surface area (Å²) in [5, 5.41) is 7.61. The molecule has 0 atom stereocenters. The lowest BCUT2D eigenvalue weighted by molar-refractivity contribution is 1.76. The number of nitrogen functional groups attached to an aromatic ring is 1. The van der Waals surface area contributed by atoms with E-state index in [9.17, 15) is 0 Å². The quantitative estimate of drug-likeness (QED) is 0.342. The Hall–Kier alpha value is -2.28. The molecule has 4 aromatic rings. The van der Waals surface area contributed by atoms with Crippen LogP contribution >= 0.6 is 0 Å². The molecule has 0 amide bonds. The first-order chi connectivity index (χ1) is 8.34. The predicted octanol–water partition coefficient (Wildman–Crippen LogP) is 4.80. The number of nitrogens with two attached hydrogens (primary N) is 1. The van der Waals surface area contributed by atoms with Crippen LogP contribution in [0, 0.1) is 0 Å². The van der Waals surface area contributed by atoms with Gasteiger partial charge in [-0.15, -0.1) is 0 Å². The van der Waals surface area contributed by atoms with Crippen LogP contribution in [0.5, 0.6) is 0 Å². The molecule has 2 N–H and O–H groups in total. The predicted molar refractivity (Wildman–Crippen MR) is 81.3 cm³/mol. The molecule has 0 aromatic heterocycles. The van der Waals surface area contributed by atoms with E-state index >= 15 is 0 Å². The molecule has 0 aliphatic carbocycles. The van der Waals surface area contributed by atoms with Gasteiger partial charge in [-0.05, 0) is 33.0 Å². The minimum atomic E-state index is 0. The fourth-order valence-electron chi connectivity index (χ4n) is 2.76. The summed E-state index contributed by atoms with van der Waals surface area (Å²) in [5.74, 6) is 0. The minimum absolute atomic E-state index is 0. The molecule has 0 radical (unpaired) electrons. The number of rotatable bonds is 0. The van der Waals surface area contributed by atoms with Crippen LogP contribution in [0.1, 0.15) is 7.43 Å². The Morgan fingerprint density at radius 1 is 0.611 bits per heavy atom. The molecule has 0 aliphatic heterocycles. The van der Waals surface area contributed by atoms with Crippen LogP contribution in [0.4, 0.5) is 5.69 Å². The van der Waals surface area contributed by atoms with E-state index in [-0.39, 0.29) is 7.43 Å². The highest BCUT2D eigenvalue weighted by Crippen LogP contribution is 2.36. The molecule has 0 saturated carbocycles. The third-order valence-electron chi connectivity index (χ3n) is 3.56. The van der Waals surface area contributed by atoms with Gasteiger partial charge >= 0.3 is 0 Å². The zero-order valence-electron chi connectivity index (χ0n) is 9.27. The van der Waals surface area contributed by atoms with E-state index < -0.39 is 0 Å². The van der Waals surface area contributed by atoms with Crippen LogP contribution in [0.15, 0.2) is 54.6 Å². The van der Waals surface area contributed by atoms with Gasteiger partial charge in [-0.25, -0.2) is 0 Å². The average Bonchev–Trinajstić information content (AvgIpc) is 2.38. The van der Waals surface area contributed by atoms with Gasteiger partial charge in [-0.3, -0.25) is 0 Å². The largest absolute Gasteiger partial charge is 0.398 e. The molecular weight excluding hydrogens is 218 g/mol. The number of hydrogen-bond donors (Lipinski definition) is 1. The average molecular weight is 233 g/mol. The van der Waals surface area contributed by atoms with Gasteiger partial charge in [0.1, 0.15) is 0 Å². The highest BCUT2D eigenvalue weighted by molar-refractivity contribution is 6.24. The first-order valence-corrected chi connectivity index (χ1v) is 5.76. The fourth-order valence-corrected chi connectivity index (χ4v) is 2.76.